The zero-order chi connectivity index (χ0) is 16.4. The number of rotatable bonds is 4. The second-order valence-electron chi connectivity index (χ2n) is 5.37. The van der Waals surface area contributed by atoms with E-state index in [9.17, 15) is 12.8 Å². The van der Waals surface area contributed by atoms with Gasteiger partial charge < -0.3 is 4.52 Å². The summed E-state index contributed by atoms with van der Waals surface area (Å²) in [5.41, 5.74) is 0. The van der Waals surface area contributed by atoms with E-state index < -0.39 is 15.8 Å². The molecule has 0 amide bonds. The van der Waals surface area contributed by atoms with Crippen molar-refractivity contribution in [3.05, 3.63) is 41.8 Å². The molecular formula is C14H17FN4O3S. The van der Waals surface area contributed by atoms with E-state index in [2.05, 4.69) is 15.0 Å². The predicted octanol–water partition coefficient (Wildman–Crippen LogP) is 1.02. The molecule has 23 heavy (non-hydrogen) atoms. The van der Waals surface area contributed by atoms with Crippen LogP contribution in [0.1, 0.15) is 11.7 Å². The number of hydrogen-bond donors (Lipinski definition) is 0. The molecule has 1 aliphatic rings. The monoisotopic (exact) mass is 340 g/mol. The van der Waals surface area contributed by atoms with E-state index in [4.69, 9.17) is 4.52 Å². The maximum Gasteiger partial charge on any atom is 0.243 e. The fourth-order valence-electron chi connectivity index (χ4n) is 2.51. The Morgan fingerprint density at radius 1 is 1.26 bits per heavy atom. The third kappa shape index (κ3) is 3.57. The van der Waals surface area contributed by atoms with Gasteiger partial charge in [-0.3, -0.25) is 4.90 Å². The lowest BCUT2D eigenvalue weighted by atomic mass is 10.3. The quantitative estimate of drug-likeness (QED) is 0.827. The van der Waals surface area contributed by atoms with Crippen molar-refractivity contribution < 1.29 is 17.3 Å². The summed E-state index contributed by atoms with van der Waals surface area (Å²) < 4.78 is 44.6. The molecule has 2 heterocycles. The van der Waals surface area contributed by atoms with Gasteiger partial charge in [-0.15, -0.1) is 0 Å². The molecule has 0 unspecified atom stereocenters. The van der Waals surface area contributed by atoms with Crippen LogP contribution in [0.4, 0.5) is 4.39 Å². The van der Waals surface area contributed by atoms with Crippen LogP contribution >= 0.6 is 0 Å². The number of aryl methyl sites for hydroxylation is 1. The molecule has 2 aromatic rings. The van der Waals surface area contributed by atoms with Gasteiger partial charge in [0.25, 0.3) is 0 Å². The summed E-state index contributed by atoms with van der Waals surface area (Å²) in [6.07, 6.45) is 0. The van der Waals surface area contributed by atoms with E-state index in [0.717, 1.165) is 6.07 Å². The summed E-state index contributed by atoms with van der Waals surface area (Å²) in [7, 11) is -3.66. The molecule has 0 N–H and O–H groups in total. The number of benzene rings is 1. The molecule has 1 aromatic carbocycles. The van der Waals surface area contributed by atoms with Crippen LogP contribution in [0, 0.1) is 12.7 Å². The summed E-state index contributed by atoms with van der Waals surface area (Å²) in [4.78, 5) is 6.18. The van der Waals surface area contributed by atoms with Crippen LogP contribution in [0.25, 0.3) is 0 Å². The summed E-state index contributed by atoms with van der Waals surface area (Å²) in [5, 5.41) is 3.83. The molecule has 9 heteroatoms. The molecule has 1 saturated heterocycles. The minimum Gasteiger partial charge on any atom is -0.340 e. The Morgan fingerprint density at radius 3 is 2.61 bits per heavy atom. The van der Waals surface area contributed by atoms with Gasteiger partial charge in [0.1, 0.15) is 5.82 Å². The van der Waals surface area contributed by atoms with Crippen LogP contribution < -0.4 is 0 Å². The van der Waals surface area contributed by atoms with Crippen molar-refractivity contribution in [1.29, 1.82) is 0 Å². The zero-order valence-electron chi connectivity index (χ0n) is 12.6. The summed E-state index contributed by atoms with van der Waals surface area (Å²) in [5.74, 6) is 0.536. The van der Waals surface area contributed by atoms with Crippen molar-refractivity contribution in [2.75, 3.05) is 26.2 Å². The average molecular weight is 340 g/mol. The Hall–Kier alpha value is -1.84. The second kappa shape index (κ2) is 6.34. The van der Waals surface area contributed by atoms with Gasteiger partial charge in [0, 0.05) is 33.1 Å². The molecule has 124 valence electrons. The predicted molar refractivity (Wildman–Crippen MR) is 79.5 cm³/mol. The van der Waals surface area contributed by atoms with Gasteiger partial charge in [0.2, 0.25) is 15.9 Å². The fraction of sp³-hybridized carbons (Fsp3) is 0.429. The van der Waals surface area contributed by atoms with E-state index in [1.807, 2.05) is 0 Å². The van der Waals surface area contributed by atoms with E-state index in [1.165, 1.54) is 22.5 Å². The number of piperazine rings is 1. The first kappa shape index (κ1) is 16.0. The molecule has 1 aromatic heterocycles. The number of halogens is 1. The van der Waals surface area contributed by atoms with Gasteiger partial charge in [-0.25, -0.2) is 12.8 Å². The lowest BCUT2D eigenvalue weighted by Crippen LogP contribution is -2.48. The van der Waals surface area contributed by atoms with Crippen molar-refractivity contribution in [2.45, 2.75) is 18.4 Å². The highest BCUT2D eigenvalue weighted by Crippen LogP contribution is 2.18. The molecule has 7 nitrogen and oxygen atoms in total. The smallest absolute Gasteiger partial charge is 0.243 e. The standard InChI is InChI=1S/C14H17FN4O3S/c1-11-16-14(17-22-11)10-18-5-7-19(8-6-18)23(20,21)13-4-2-3-12(15)9-13/h2-4,9H,5-8,10H2,1H3. The van der Waals surface area contributed by atoms with Crippen molar-refractivity contribution in [2.24, 2.45) is 0 Å². The molecular weight excluding hydrogens is 323 g/mol. The maximum atomic E-state index is 13.3. The number of hydrogen-bond acceptors (Lipinski definition) is 6. The second-order valence-corrected chi connectivity index (χ2v) is 7.31. The Morgan fingerprint density at radius 2 is 2.00 bits per heavy atom. The highest BCUT2D eigenvalue weighted by molar-refractivity contribution is 7.89. The largest absolute Gasteiger partial charge is 0.340 e. The molecule has 1 fully saturated rings. The first-order valence-electron chi connectivity index (χ1n) is 7.22. The van der Waals surface area contributed by atoms with Crippen LogP contribution in [-0.4, -0.2) is 53.9 Å². The molecule has 0 aliphatic carbocycles. The van der Waals surface area contributed by atoms with E-state index in [0.29, 0.717) is 44.4 Å². The third-order valence-corrected chi connectivity index (χ3v) is 5.59. The third-order valence-electron chi connectivity index (χ3n) is 3.70. The van der Waals surface area contributed by atoms with Crippen LogP contribution in [0.3, 0.4) is 0 Å². The van der Waals surface area contributed by atoms with Crippen molar-refractivity contribution in [1.82, 2.24) is 19.3 Å². The fourth-order valence-corrected chi connectivity index (χ4v) is 3.96. The lowest BCUT2D eigenvalue weighted by Gasteiger charge is -2.33. The van der Waals surface area contributed by atoms with Gasteiger partial charge in [0.15, 0.2) is 5.82 Å². The molecule has 1 aliphatic heterocycles. The van der Waals surface area contributed by atoms with E-state index in [-0.39, 0.29) is 4.90 Å². The number of aromatic nitrogens is 2. The molecule has 0 bridgehead atoms. The summed E-state index contributed by atoms with van der Waals surface area (Å²) in [6.45, 7) is 4.04. The summed E-state index contributed by atoms with van der Waals surface area (Å²) in [6, 6.07) is 5.08. The number of sulfonamides is 1. The van der Waals surface area contributed by atoms with E-state index >= 15 is 0 Å². The van der Waals surface area contributed by atoms with Crippen LogP contribution in [0.15, 0.2) is 33.7 Å². The average Bonchev–Trinajstić information content (AvgIpc) is 2.93. The highest BCUT2D eigenvalue weighted by Gasteiger charge is 2.29. The normalized spacial score (nSPS) is 17.5. The lowest BCUT2D eigenvalue weighted by molar-refractivity contribution is 0.176. The van der Waals surface area contributed by atoms with Gasteiger partial charge in [-0.1, -0.05) is 11.2 Å². The van der Waals surface area contributed by atoms with Crippen molar-refractivity contribution in [3.8, 4) is 0 Å². The highest BCUT2D eigenvalue weighted by atomic mass is 32.2. The first-order chi connectivity index (χ1) is 10.9. The number of nitrogens with zero attached hydrogens (tertiary/aromatic N) is 4. The molecule has 0 spiro atoms. The van der Waals surface area contributed by atoms with Crippen LogP contribution in [0.5, 0.6) is 0 Å². The zero-order valence-corrected chi connectivity index (χ0v) is 13.5. The van der Waals surface area contributed by atoms with Gasteiger partial charge in [0.05, 0.1) is 11.4 Å². The Kier molecular flexibility index (Phi) is 4.42. The maximum absolute atomic E-state index is 13.3. The van der Waals surface area contributed by atoms with Gasteiger partial charge >= 0.3 is 0 Å². The van der Waals surface area contributed by atoms with Crippen molar-refractivity contribution >= 4 is 10.0 Å². The van der Waals surface area contributed by atoms with Crippen LogP contribution in [-0.2, 0) is 16.6 Å². The Balaban J connectivity index is 1.64. The molecule has 0 atom stereocenters. The Labute approximate surface area is 133 Å². The van der Waals surface area contributed by atoms with E-state index in [1.54, 1.807) is 6.92 Å². The van der Waals surface area contributed by atoms with Crippen molar-refractivity contribution in [3.63, 3.8) is 0 Å². The topological polar surface area (TPSA) is 79.5 Å². The first-order valence-corrected chi connectivity index (χ1v) is 8.66. The molecule has 3 rings (SSSR count). The summed E-state index contributed by atoms with van der Waals surface area (Å²) >= 11 is 0. The minimum absolute atomic E-state index is 0.0141. The van der Waals surface area contributed by atoms with Gasteiger partial charge in [-0.2, -0.15) is 9.29 Å². The minimum atomic E-state index is -3.66. The van der Waals surface area contributed by atoms with Gasteiger partial charge in [-0.05, 0) is 18.2 Å². The Bertz CT molecular complexity index is 785. The SMILES string of the molecule is Cc1nc(CN2CCN(S(=O)(=O)c3cccc(F)c3)CC2)no1. The van der Waals surface area contributed by atoms with Crippen LogP contribution in [0.2, 0.25) is 0 Å². The molecule has 0 saturated carbocycles. The molecule has 0 radical (unpaired) electrons.